The average molecular weight is 432 g/mol. The highest BCUT2D eigenvalue weighted by molar-refractivity contribution is 5.95. The number of hydrogen-bond donors (Lipinski definition) is 0. The number of nitrogens with zero attached hydrogens (tertiary/aromatic N) is 3. The molecule has 0 unspecified atom stereocenters. The third-order valence-corrected chi connectivity index (χ3v) is 6.02. The third-order valence-electron chi connectivity index (χ3n) is 6.02. The quantitative estimate of drug-likeness (QED) is 0.514. The van der Waals surface area contributed by atoms with E-state index in [1.807, 2.05) is 22.9 Å². The van der Waals surface area contributed by atoms with Gasteiger partial charge in [-0.05, 0) is 42.9 Å². The van der Waals surface area contributed by atoms with Gasteiger partial charge < -0.3 is 14.2 Å². The number of benzene rings is 2. The van der Waals surface area contributed by atoms with E-state index in [1.54, 1.807) is 18.0 Å². The Morgan fingerprint density at radius 3 is 2.41 bits per heavy atom. The van der Waals surface area contributed by atoms with Gasteiger partial charge in [0, 0.05) is 37.9 Å². The van der Waals surface area contributed by atoms with Crippen molar-refractivity contribution < 1.29 is 14.3 Å². The van der Waals surface area contributed by atoms with Crippen molar-refractivity contribution in [2.45, 2.75) is 32.7 Å². The Hall–Kier alpha value is -3.41. The molecule has 0 saturated carbocycles. The summed E-state index contributed by atoms with van der Waals surface area (Å²) in [7, 11) is 0. The van der Waals surface area contributed by atoms with Crippen LogP contribution in [0, 0.1) is 5.92 Å². The molecule has 6 nitrogen and oxygen atoms in total. The molecule has 1 amide bonds. The van der Waals surface area contributed by atoms with Gasteiger partial charge in [0.15, 0.2) is 5.82 Å². The van der Waals surface area contributed by atoms with Crippen molar-refractivity contribution in [1.29, 1.82) is 0 Å². The zero-order valence-corrected chi connectivity index (χ0v) is 18.4. The van der Waals surface area contributed by atoms with Crippen molar-refractivity contribution >= 4 is 11.9 Å². The molecular formula is C26H29N3O3. The lowest BCUT2D eigenvalue weighted by atomic mass is 9.92. The number of carbonyl (C=O) groups excluding carboxylic acids is 2. The highest BCUT2D eigenvalue weighted by atomic mass is 16.6. The molecule has 1 aliphatic heterocycles. The van der Waals surface area contributed by atoms with Crippen LogP contribution in [0.15, 0.2) is 67.0 Å². The smallest absolute Gasteiger partial charge is 0.409 e. The van der Waals surface area contributed by atoms with Crippen molar-refractivity contribution in [3.8, 4) is 0 Å². The molecule has 1 aromatic heterocycles. The van der Waals surface area contributed by atoms with E-state index < -0.39 is 0 Å². The summed E-state index contributed by atoms with van der Waals surface area (Å²) >= 11 is 0. The van der Waals surface area contributed by atoms with Crippen molar-refractivity contribution in [1.82, 2.24) is 14.5 Å². The predicted molar refractivity (Wildman–Crippen MR) is 123 cm³/mol. The van der Waals surface area contributed by atoms with Crippen LogP contribution in [0.1, 0.15) is 47.1 Å². The molecule has 0 bridgehead atoms. The molecule has 3 aromatic rings. The second kappa shape index (κ2) is 10.3. The van der Waals surface area contributed by atoms with E-state index in [1.165, 1.54) is 16.7 Å². The SMILES string of the molecule is CCOC(=O)N1CCC(C(=O)c2nccn2Cc2ccccc2Cc2ccccc2)CC1. The van der Waals surface area contributed by atoms with Crippen molar-refractivity contribution in [2.24, 2.45) is 5.92 Å². The fourth-order valence-corrected chi connectivity index (χ4v) is 4.27. The third kappa shape index (κ3) is 5.07. The summed E-state index contributed by atoms with van der Waals surface area (Å²) in [5.41, 5.74) is 3.68. The molecule has 1 saturated heterocycles. The minimum atomic E-state index is -0.296. The van der Waals surface area contributed by atoms with Gasteiger partial charge >= 0.3 is 6.09 Å². The molecule has 32 heavy (non-hydrogen) atoms. The van der Waals surface area contributed by atoms with Gasteiger partial charge in [0.05, 0.1) is 6.61 Å². The number of rotatable bonds is 7. The second-order valence-corrected chi connectivity index (χ2v) is 8.13. The minimum absolute atomic E-state index is 0.0547. The van der Waals surface area contributed by atoms with Gasteiger partial charge in [0.1, 0.15) is 0 Å². The van der Waals surface area contributed by atoms with Crippen LogP contribution in [0.3, 0.4) is 0 Å². The number of piperidine rings is 1. The molecule has 166 valence electrons. The summed E-state index contributed by atoms with van der Waals surface area (Å²) in [4.78, 5) is 31.2. The summed E-state index contributed by atoms with van der Waals surface area (Å²) in [5.74, 6) is 0.425. The maximum absolute atomic E-state index is 13.2. The Kier molecular flexibility index (Phi) is 7.00. The van der Waals surface area contributed by atoms with Crippen molar-refractivity contribution in [3.05, 3.63) is 89.5 Å². The highest BCUT2D eigenvalue weighted by Crippen LogP contribution is 2.23. The van der Waals surface area contributed by atoms with Gasteiger partial charge in [0.25, 0.3) is 0 Å². The van der Waals surface area contributed by atoms with E-state index in [2.05, 4.69) is 47.4 Å². The zero-order valence-electron chi connectivity index (χ0n) is 18.4. The molecule has 0 aliphatic carbocycles. The first-order valence-corrected chi connectivity index (χ1v) is 11.2. The lowest BCUT2D eigenvalue weighted by Gasteiger charge is -2.30. The first-order chi connectivity index (χ1) is 15.7. The second-order valence-electron chi connectivity index (χ2n) is 8.13. The summed E-state index contributed by atoms with van der Waals surface area (Å²) in [6.45, 7) is 3.84. The maximum atomic E-state index is 13.2. The Bertz CT molecular complexity index is 1050. The number of Topliss-reactive ketones (excluding diaryl/α,β-unsaturated/α-hetero) is 1. The molecular weight excluding hydrogens is 402 g/mol. The lowest BCUT2D eigenvalue weighted by Crippen LogP contribution is -2.41. The van der Waals surface area contributed by atoms with Gasteiger partial charge in [-0.25, -0.2) is 9.78 Å². The number of ketones is 1. The van der Waals surface area contributed by atoms with Gasteiger partial charge in [-0.2, -0.15) is 0 Å². The van der Waals surface area contributed by atoms with Crippen LogP contribution >= 0.6 is 0 Å². The number of imidazole rings is 1. The maximum Gasteiger partial charge on any atom is 0.409 e. The van der Waals surface area contributed by atoms with Crippen LogP contribution in [-0.4, -0.2) is 46.0 Å². The van der Waals surface area contributed by atoms with E-state index in [4.69, 9.17) is 4.74 Å². The topological polar surface area (TPSA) is 64.4 Å². The van der Waals surface area contributed by atoms with Crippen molar-refractivity contribution in [3.63, 3.8) is 0 Å². The normalized spacial score (nSPS) is 14.3. The molecule has 0 radical (unpaired) electrons. The first kappa shape index (κ1) is 21.8. The van der Waals surface area contributed by atoms with E-state index in [9.17, 15) is 9.59 Å². The predicted octanol–water partition coefficient (Wildman–Crippen LogP) is 4.57. The number of ether oxygens (including phenoxy) is 1. The minimum Gasteiger partial charge on any atom is -0.450 e. The average Bonchev–Trinajstić information content (AvgIpc) is 3.29. The summed E-state index contributed by atoms with van der Waals surface area (Å²) in [5, 5.41) is 0. The van der Waals surface area contributed by atoms with Crippen molar-refractivity contribution in [2.75, 3.05) is 19.7 Å². The van der Waals surface area contributed by atoms with Gasteiger partial charge in [-0.15, -0.1) is 0 Å². The molecule has 4 rings (SSSR count). The van der Waals surface area contributed by atoms with Gasteiger partial charge in [0.2, 0.25) is 5.78 Å². The molecule has 0 atom stereocenters. The fourth-order valence-electron chi connectivity index (χ4n) is 4.27. The summed E-state index contributed by atoms with van der Waals surface area (Å²) in [6, 6.07) is 18.7. The van der Waals surface area contributed by atoms with E-state index >= 15 is 0 Å². The standard InChI is InChI=1S/C26H29N3O3/c1-2-32-26(31)28-15-12-21(13-16-28)24(30)25-27-14-17-29(25)19-23-11-7-6-10-22(23)18-20-8-4-3-5-9-20/h3-11,14,17,21H,2,12-13,15-16,18-19H2,1H3. The highest BCUT2D eigenvalue weighted by Gasteiger charge is 2.30. The molecule has 1 fully saturated rings. The zero-order chi connectivity index (χ0) is 22.3. The monoisotopic (exact) mass is 431 g/mol. The number of hydrogen-bond acceptors (Lipinski definition) is 4. The van der Waals surface area contributed by atoms with Gasteiger partial charge in [-0.3, -0.25) is 4.79 Å². The number of carbonyl (C=O) groups is 2. The van der Waals surface area contributed by atoms with Gasteiger partial charge in [-0.1, -0.05) is 54.6 Å². The van der Waals surface area contributed by atoms with E-state index in [0.29, 0.717) is 44.9 Å². The molecule has 1 aliphatic rings. The van der Waals surface area contributed by atoms with E-state index in [0.717, 1.165) is 6.42 Å². The largest absolute Gasteiger partial charge is 0.450 e. The van der Waals surface area contributed by atoms with Crippen LogP contribution in [0.4, 0.5) is 4.79 Å². The number of likely N-dealkylation sites (tertiary alicyclic amines) is 1. The molecule has 2 heterocycles. The van der Waals surface area contributed by atoms with Crippen LogP contribution < -0.4 is 0 Å². The summed E-state index contributed by atoms with van der Waals surface area (Å²) in [6.07, 6.45) is 5.39. The molecule has 0 N–H and O–H groups in total. The molecule has 2 aromatic carbocycles. The van der Waals surface area contributed by atoms with Crippen LogP contribution in [0.5, 0.6) is 0 Å². The Balaban J connectivity index is 1.45. The fraction of sp³-hybridized carbons (Fsp3) is 0.346. The van der Waals surface area contributed by atoms with Crippen LogP contribution in [-0.2, 0) is 17.7 Å². The Morgan fingerprint density at radius 2 is 1.69 bits per heavy atom. The lowest BCUT2D eigenvalue weighted by molar-refractivity contribution is 0.0743. The number of amides is 1. The van der Waals surface area contributed by atoms with Crippen LogP contribution in [0.2, 0.25) is 0 Å². The molecule has 0 spiro atoms. The number of aromatic nitrogens is 2. The van der Waals surface area contributed by atoms with Crippen LogP contribution in [0.25, 0.3) is 0 Å². The Labute approximate surface area is 188 Å². The van der Waals surface area contributed by atoms with E-state index in [-0.39, 0.29) is 17.8 Å². The molecule has 6 heteroatoms. The first-order valence-electron chi connectivity index (χ1n) is 11.2. The summed E-state index contributed by atoms with van der Waals surface area (Å²) < 4.78 is 7.02. The Morgan fingerprint density at radius 1 is 1.00 bits per heavy atom.